The number of rotatable bonds is 5. The van der Waals surface area contributed by atoms with Crippen LogP contribution in [-0.2, 0) is 26.5 Å². The summed E-state index contributed by atoms with van der Waals surface area (Å²) >= 11 is 0. The maximum Gasteiger partial charge on any atom is 0.128 e. The molecule has 1 radical (unpaired) electrons. The molecule has 0 bridgehead atoms. The van der Waals surface area contributed by atoms with Crippen molar-refractivity contribution in [1.82, 2.24) is 14.5 Å². The summed E-state index contributed by atoms with van der Waals surface area (Å²) in [6.45, 7) is 3.64. The molecule has 0 spiro atoms. The number of imidazole rings is 1. The zero-order valence-corrected chi connectivity index (χ0v) is 34.1. The largest absolute Gasteiger partial charge is 0.500 e. The van der Waals surface area contributed by atoms with E-state index in [1.54, 1.807) is 18.3 Å². The third kappa shape index (κ3) is 7.69. The van der Waals surface area contributed by atoms with Crippen molar-refractivity contribution in [2.24, 2.45) is 5.41 Å². The molecule has 0 N–H and O–H groups in total. The Balaban J connectivity index is 0.000000179. The van der Waals surface area contributed by atoms with Crippen LogP contribution in [0.4, 0.5) is 0 Å². The van der Waals surface area contributed by atoms with Crippen LogP contribution in [0.5, 0.6) is 0 Å². The summed E-state index contributed by atoms with van der Waals surface area (Å²) in [6, 6.07) is 57.5. The first-order chi connectivity index (χ1) is 29.3. The van der Waals surface area contributed by atoms with E-state index in [9.17, 15) is 0 Å². The van der Waals surface area contributed by atoms with Crippen molar-refractivity contribution < 1.29 is 31.4 Å². The van der Waals surface area contributed by atoms with E-state index in [0.29, 0.717) is 5.56 Å². The molecule has 0 amide bonds. The standard InChI is InChI=1S/C32H26NO.C20H15N2.Ir/c1-32(2,3)20-21-11-13-22(14-12-21)24-17-18-33-29(19-24)28-10-6-9-26-27-16-15-23-7-4-5-8-25(23)30(27)34-31(26)28;1-15-11-13-16(14-12-15)20-21-18-9-5-6-10-19(18)22(20)17-7-3-2-4-8-17;/h4-9,11-19H,20H2,1-3H3;2-13H,1H3;/q2*-1;/i20D2;1D3;. The van der Waals surface area contributed by atoms with E-state index in [0.717, 1.165) is 83.2 Å². The number of furan rings is 1. The Bertz CT molecular complexity index is 3190. The average Bonchev–Trinajstić information content (AvgIpc) is 3.86. The number of fused-ring (bicyclic) bond motifs is 6. The maximum atomic E-state index is 8.56. The van der Waals surface area contributed by atoms with Crippen LogP contribution in [0.3, 0.4) is 0 Å². The first kappa shape index (κ1) is 32.0. The van der Waals surface area contributed by atoms with E-state index in [1.807, 2.05) is 136 Å². The van der Waals surface area contributed by atoms with Crippen LogP contribution < -0.4 is 0 Å². The van der Waals surface area contributed by atoms with Crippen LogP contribution in [0, 0.1) is 24.4 Å². The molecule has 5 heteroatoms. The topological polar surface area (TPSA) is 43.9 Å². The zero-order valence-electron chi connectivity index (χ0n) is 36.7. The summed E-state index contributed by atoms with van der Waals surface area (Å²) in [7, 11) is 0. The number of hydrogen-bond acceptors (Lipinski definition) is 3. The van der Waals surface area contributed by atoms with Crippen molar-refractivity contribution in [2.45, 2.75) is 34.0 Å². The summed E-state index contributed by atoms with van der Waals surface area (Å²) in [5, 5.41) is 4.37. The molecule has 7 aromatic carbocycles. The van der Waals surface area contributed by atoms with E-state index >= 15 is 0 Å². The molecule has 0 aliphatic carbocycles. The summed E-state index contributed by atoms with van der Waals surface area (Å²) in [5.74, 6) is 0.740. The van der Waals surface area contributed by atoms with Crippen LogP contribution in [-0.4, -0.2) is 14.5 Å². The Morgan fingerprint density at radius 1 is 0.719 bits per heavy atom. The molecular weight excluding hydrogens is 875 g/mol. The van der Waals surface area contributed by atoms with E-state index < -0.39 is 18.6 Å². The number of para-hydroxylation sites is 3. The van der Waals surface area contributed by atoms with E-state index in [2.05, 4.69) is 45.9 Å². The SMILES string of the molecule is [2H]C([2H])([2H])c1c[c-]c(-c2nc3ccccc3n2-c2ccccc2)cc1.[2H]C([2H])(c1ccc(-c2ccnc(-c3[c-]ccc4c3oc3c5ccccc5ccc43)c2)cc1)C(C)(C)C.[Ir]. The molecule has 281 valence electrons. The number of nitrogens with zero attached hydrogens (tertiary/aromatic N) is 3. The third-order valence-electron chi connectivity index (χ3n) is 9.71. The summed E-state index contributed by atoms with van der Waals surface area (Å²) in [5.41, 5.74) is 9.39. The Morgan fingerprint density at radius 2 is 1.49 bits per heavy atom. The quantitative estimate of drug-likeness (QED) is 0.162. The molecule has 0 saturated heterocycles. The average molecular weight is 921 g/mol. The second kappa shape index (κ2) is 15.8. The van der Waals surface area contributed by atoms with E-state index in [-0.39, 0.29) is 25.7 Å². The van der Waals surface area contributed by atoms with Gasteiger partial charge in [0.05, 0.1) is 22.4 Å². The minimum atomic E-state index is -2.13. The number of pyridine rings is 1. The first-order valence-corrected chi connectivity index (χ1v) is 18.7. The van der Waals surface area contributed by atoms with Gasteiger partial charge in [-0.05, 0) is 69.9 Å². The molecule has 3 heterocycles. The molecule has 0 aliphatic heterocycles. The van der Waals surface area contributed by atoms with Gasteiger partial charge in [0.15, 0.2) is 0 Å². The second-order valence-electron chi connectivity index (χ2n) is 14.8. The molecule has 4 nitrogen and oxygen atoms in total. The minimum Gasteiger partial charge on any atom is -0.500 e. The number of hydrogen-bond donors (Lipinski definition) is 0. The normalized spacial score (nSPS) is 13.2. The van der Waals surface area contributed by atoms with Crippen molar-refractivity contribution in [3.8, 4) is 39.5 Å². The molecule has 10 rings (SSSR count). The van der Waals surface area contributed by atoms with Gasteiger partial charge < -0.3 is 14.0 Å². The van der Waals surface area contributed by atoms with Crippen LogP contribution in [0.15, 0.2) is 168 Å². The number of benzene rings is 7. The van der Waals surface area contributed by atoms with Crippen molar-refractivity contribution in [1.29, 1.82) is 0 Å². The molecular formula is C52H41IrN3O-2. The Kier molecular flexibility index (Phi) is 8.86. The Hall–Kier alpha value is -6.13. The molecule has 0 saturated carbocycles. The fourth-order valence-corrected chi connectivity index (χ4v) is 7.19. The Labute approximate surface area is 354 Å². The van der Waals surface area contributed by atoms with Gasteiger partial charge in [-0.25, -0.2) is 0 Å². The molecule has 0 aliphatic rings. The van der Waals surface area contributed by atoms with Gasteiger partial charge in [0.25, 0.3) is 0 Å². The van der Waals surface area contributed by atoms with Crippen LogP contribution >= 0.6 is 0 Å². The first-order valence-electron chi connectivity index (χ1n) is 21.2. The van der Waals surface area contributed by atoms with Crippen LogP contribution in [0.1, 0.15) is 38.8 Å². The van der Waals surface area contributed by atoms with Crippen LogP contribution in [0.25, 0.3) is 83.2 Å². The minimum absolute atomic E-state index is 0. The van der Waals surface area contributed by atoms with Gasteiger partial charge in [-0.3, -0.25) is 4.98 Å². The fraction of sp³-hybridized carbons (Fsp3) is 0.115. The number of aryl methyl sites for hydroxylation is 1. The molecule has 10 aromatic rings. The van der Waals surface area contributed by atoms with E-state index in [1.165, 1.54) is 6.07 Å². The predicted octanol–water partition coefficient (Wildman–Crippen LogP) is 13.7. The molecule has 0 atom stereocenters. The molecule has 0 fully saturated rings. The van der Waals surface area contributed by atoms with Gasteiger partial charge in [0.1, 0.15) is 5.58 Å². The fourth-order valence-electron chi connectivity index (χ4n) is 7.19. The monoisotopic (exact) mass is 921 g/mol. The number of aromatic nitrogens is 3. The Morgan fingerprint density at radius 3 is 2.28 bits per heavy atom. The van der Waals surface area contributed by atoms with Crippen molar-refractivity contribution >= 4 is 43.7 Å². The summed E-state index contributed by atoms with van der Waals surface area (Å²) in [6.07, 6.45) is 0.378. The van der Waals surface area contributed by atoms with Gasteiger partial charge >= 0.3 is 0 Å². The molecule has 0 unspecified atom stereocenters. The smallest absolute Gasteiger partial charge is 0.128 e. The second-order valence-corrected chi connectivity index (χ2v) is 14.8. The van der Waals surface area contributed by atoms with Crippen molar-refractivity contribution in [3.63, 3.8) is 0 Å². The maximum absolute atomic E-state index is 8.56. The predicted molar refractivity (Wildman–Crippen MR) is 232 cm³/mol. The molecule has 3 aromatic heterocycles. The van der Waals surface area contributed by atoms with Gasteiger partial charge in [0, 0.05) is 49.6 Å². The summed E-state index contributed by atoms with van der Waals surface area (Å²) < 4.78 is 48.2. The van der Waals surface area contributed by atoms with Gasteiger partial charge in [0.2, 0.25) is 0 Å². The molecule has 57 heavy (non-hydrogen) atoms. The van der Waals surface area contributed by atoms with Crippen LogP contribution in [0.2, 0.25) is 0 Å². The van der Waals surface area contributed by atoms with Gasteiger partial charge in [-0.15, -0.1) is 53.6 Å². The van der Waals surface area contributed by atoms with Gasteiger partial charge in [-0.2, -0.15) is 0 Å². The van der Waals surface area contributed by atoms with Gasteiger partial charge in [-0.1, -0.05) is 136 Å². The van der Waals surface area contributed by atoms with Crippen molar-refractivity contribution in [3.05, 3.63) is 187 Å². The van der Waals surface area contributed by atoms with E-state index in [4.69, 9.17) is 16.3 Å². The summed E-state index contributed by atoms with van der Waals surface area (Å²) in [4.78, 5) is 9.40. The zero-order chi connectivity index (χ0) is 42.5. The van der Waals surface area contributed by atoms with Crippen molar-refractivity contribution in [2.75, 3.05) is 0 Å². The third-order valence-corrected chi connectivity index (χ3v) is 9.71.